The van der Waals surface area contributed by atoms with Crippen LogP contribution in [-0.2, 0) is 19.0 Å². The summed E-state index contributed by atoms with van der Waals surface area (Å²) >= 11 is 0. The number of benzene rings is 2. The van der Waals surface area contributed by atoms with E-state index in [1.807, 2.05) is 67.3 Å². The number of carbonyl (C=O) groups excluding carboxylic acids is 2. The summed E-state index contributed by atoms with van der Waals surface area (Å²) in [7, 11) is 0. The second kappa shape index (κ2) is 11.7. The Morgan fingerprint density at radius 1 is 1.02 bits per heavy atom. The van der Waals surface area contributed by atoms with Gasteiger partial charge in [-0.25, -0.2) is 14.7 Å². The molecule has 3 N–H and O–H groups in total. The lowest BCUT2D eigenvalue weighted by atomic mass is 9.98. The van der Waals surface area contributed by atoms with Crippen LogP contribution in [0, 0.1) is 0 Å². The first-order valence-electron chi connectivity index (χ1n) is 13.0. The third kappa shape index (κ3) is 5.91. The van der Waals surface area contributed by atoms with Crippen molar-refractivity contribution in [3.63, 3.8) is 0 Å². The molecule has 0 saturated carbocycles. The summed E-state index contributed by atoms with van der Waals surface area (Å²) < 4.78 is 14.9. The first-order chi connectivity index (χ1) is 19.1. The highest BCUT2D eigenvalue weighted by Gasteiger charge is 2.48. The van der Waals surface area contributed by atoms with Gasteiger partial charge >= 0.3 is 12.1 Å². The van der Waals surface area contributed by atoms with Crippen molar-refractivity contribution in [2.45, 2.75) is 58.7 Å². The van der Waals surface area contributed by atoms with Gasteiger partial charge in [-0.2, -0.15) is 0 Å². The van der Waals surface area contributed by atoms with Crippen LogP contribution in [0.4, 0.5) is 10.5 Å². The Morgan fingerprint density at radius 3 is 2.33 bits per heavy atom. The summed E-state index contributed by atoms with van der Waals surface area (Å²) in [5.41, 5.74) is 1.65. The molecule has 212 valence electrons. The van der Waals surface area contributed by atoms with Crippen molar-refractivity contribution in [3.8, 4) is 22.5 Å². The molecule has 3 aromatic rings. The summed E-state index contributed by atoms with van der Waals surface area (Å²) in [5, 5.41) is 28.6. The molecule has 12 nitrogen and oxygen atoms in total. The van der Waals surface area contributed by atoms with Crippen LogP contribution in [0.3, 0.4) is 0 Å². The van der Waals surface area contributed by atoms with Crippen molar-refractivity contribution in [3.05, 3.63) is 59.9 Å². The van der Waals surface area contributed by atoms with Gasteiger partial charge in [0.2, 0.25) is 6.79 Å². The lowest BCUT2D eigenvalue weighted by Gasteiger charge is -2.38. The lowest BCUT2D eigenvalue weighted by Crippen LogP contribution is -2.52. The number of nitrogens with one attached hydrogen (secondary N) is 2. The maximum atomic E-state index is 13.5. The number of hydrogen-bond donors (Lipinski definition) is 3. The molecule has 0 fully saturated rings. The van der Waals surface area contributed by atoms with Crippen molar-refractivity contribution < 1.29 is 28.9 Å². The highest BCUT2D eigenvalue weighted by Crippen LogP contribution is 2.41. The minimum absolute atomic E-state index is 0.122. The molecule has 0 saturated heterocycles. The Kier molecular flexibility index (Phi) is 8.38. The van der Waals surface area contributed by atoms with Gasteiger partial charge in [-0.3, -0.25) is 0 Å². The summed E-state index contributed by atoms with van der Waals surface area (Å²) in [6.45, 7) is 8.31. The van der Waals surface area contributed by atoms with Gasteiger partial charge in [0.1, 0.15) is 11.3 Å². The minimum Gasteiger partial charge on any atom is -0.435 e. The SMILES string of the molecule is CCCC1(C)NC(C(C)(C)O)=C(C(=O)OCOC(=O)OCC)N1c1ccc(-c2ccccc2-c2nnn[nH]2)cc1. The topological polar surface area (TPSA) is 152 Å². The molecule has 1 aliphatic rings. The van der Waals surface area contributed by atoms with E-state index in [9.17, 15) is 14.7 Å². The zero-order valence-corrected chi connectivity index (χ0v) is 23.2. The number of esters is 1. The first-order valence-corrected chi connectivity index (χ1v) is 13.0. The molecule has 0 aliphatic carbocycles. The standard InChI is InChI=1S/C28H34N6O6/c1-6-16-28(5)29-23(27(3,4)37)22(25(35)39-17-40-26(36)38-7-2)34(28)19-14-12-18(13-15-19)20-10-8-9-11-21(20)24-30-32-33-31-24/h8-15,29,37H,6-7,16-17H2,1-5H3,(H,30,31,32,33). The van der Waals surface area contributed by atoms with Gasteiger partial charge in [0.25, 0.3) is 0 Å². The number of aliphatic hydroxyl groups is 1. The zero-order valence-electron chi connectivity index (χ0n) is 23.2. The van der Waals surface area contributed by atoms with Gasteiger partial charge in [-0.1, -0.05) is 49.7 Å². The molecule has 0 radical (unpaired) electrons. The van der Waals surface area contributed by atoms with Crippen LogP contribution >= 0.6 is 0 Å². The average Bonchev–Trinajstić information content (AvgIpc) is 3.56. The molecule has 4 rings (SSSR count). The fraction of sp³-hybridized carbons (Fsp3) is 0.393. The second-order valence-electron chi connectivity index (χ2n) is 9.99. The Labute approximate surface area is 232 Å². The number of anilines is 1. The summed E-state index contributed by atoms with van der Waals surface area (Å²) in [6.07, 6.45) is 0.497. The Balaban J connectivity index is 1.72. The third-order valence-electron chi connectivity index (χ3n) is 6.48. The lowest BCUT2D eigenvalue weighted by molar-refractivity contribution is -0.148. The van der Waals surface area contributed by atoms with Gasteiger partial charge < -0.3 is 29.5 Å². The van der Waals surface area contributed by atoms with Gasteiger partial charge in [0.05, 0.1) is 12.3 Å². The van der Waals surface area contributed by atoms with Crippen LogP contribution < -0.4 is 10.2 Å². The highest BCUT2D eigenvalue weighted by molar-refractivity contribution is 5.96. The second-order valence-corrected chi connectivity index (χ2v) is 9.99. The summed E-state index contributed by atoms with van der Waals surface area (Å²) in [6, 6.07) is 15.4. The van der Waals surface area contributed by atoms with Gasteiger partial charge in [-0.15, -0.1) is 5.10 Å². The van der Waals surface area contributed by atoms with E-state index in [1.54, 1.807) is 20.8 Å². The van der Waals surface area contributed by atoms with Crippen molar-refractivity contribution in [2.75, 3.05) is 18.3 Å². The predicted octanol–water partition coefficient (Wildman–Crippen LogP) is 4.12. The van der Waals surface area contributed by atoms with E-state index in [-0.39, 0.29) is 12.3 Å². The zero-order chi connectivity index (χ0) is 28.9. The van der Waals surface area contributed by atoms with E-state index < -0.39 is 30.2 Å². The van der Waals surface area contributed by atoms with Crippen LogP contribution in [0.5, 0.6) is 0 Å². The Morgan fingerprint density at radius 2 is 1.73 bits per heavy atom. The van der Waals surface area contributed by atoms with Crippen molar-refractivity contribution >= 4 is 17.8 Å². The molecule has 0 amide bonds. The fourth-order valence-electron chi connectivity index (χ4n) is 4.82. The number of hydrogen-bond acceptors (Lipinski definition) is 11. The smallest absolute Gasteiger partial charge is 0.435 e. The van der Waals surface area contributed by atoms with E-state index in [1.165, 1.54) is 0 Å². The van der Waals surface area contributed by atoms with Gasteiger partial charge in [-0.05, 0) is 67.8 Å². The number of rotatable bonds is 10. The minimum atomic E-state index is -1.40. The number of H-pyrrole nitrogens is 1. The quantitative estimate of drug-likeness (QED) is 0.247. The molecular weight excluding hydrogens is 516 g/mol. The monoisotopic (exact) mass is 550 g/mol. The molecular formula is C28H34N6O6. The molecule has 1 aromatic heterocycles. The van der Waals surface area contributed by atoms with E-state index in [0.717, 1.165) is 23.1 Å². The Hall–Kier alpha value is -4.45. The number of ether oxygens (including phenoxy) is 3. The number of nitrogens with zero attached hydrogens (tertiary/aromatic N) is 4. The molecule has 0 spiro atoms. The number of aromatic nitrogens is 4. The molecule has 1 atom stereocenters. The summed E-state index contributed by atoms with van der Waals surface area (Å²) in [5.74, 6) is -0.215. The number of carbonyl (C=O) groups is 2. The normalized spacial score (nSPS) is 17.0. The first kappa shape index (κ1) is 28.6. The molecule has 0 bridgehead atoms. The van der Waals surface area contributed by atoms with E-state index in [2.05, 4.69) is 25.9 Å². The maximum absolute atomic E-state index is 13.5. The van der Waals surface area contributed by atoms with E-state index in [4.69, 9.17) is 14.2 Å². The summed E-state index contributed by atoms with van der Waals surface area (Å²) in [4.78, 5) is 26.8. The molecule has 2 aromatic carbocycles. The molecule has 12 heteroatoms. The number of aromatic amines is 1. The number of tetrazole rings is 1. The maximum Gasteiger partial charge on any atom is 0.511 e. The molecule has 1 unspecified atom stereocenters. The van der Waals surface area contributed by atoms with Crippen molar-refractivity contribution in [1.29, 1.82) is 0 Å². The van der Waals surface area contributed by atoms with Crippen LogP contribution in [0.25, 0.3) is 22.5 Å². The molecule has 40 heavy (non-hydrogen) atoms. The van der Waals surface area contributed by atoms with E-state index >= 15 is 0 Å². The molecule has 2 heterocycles. The van der Waals surface area contributed by atoms with Crippen LogP contribution in [0.15, 0.2) is 59.9 Å². The van der Waals surface area contributed by atoms with Gasteiger partial charge in [0.15, 0.2) is 11.5 Å². The average molecular weight is 551 g/mol. The van der Waals surface area contributed by atoms with E-state index in [0.29, 0.717) is 23.6 Å². The van der Waals surface area contributed by atoms with Crippen molar-refractivity contribution in [1.82, 2.24) is 25.9 Å². The largest absolute Gasteiger partial charge is 0.511 e. The van der Waals surface area contributed by atoms with Crippen molar-refractivity contribution in [2.24, 2.45) is 0 Å². The van der Waals surface area contributed by atoms with Crippen LogP contribution in [0.1, 0.15) is 47.5 Å². The van der Waals surface area contributed by atoms with Gasteiger partial charge in [0, 0.05) is 11.3 Å². The predicted molar refractivity (Wildman–Crippen MR) is 146 cm³/mol. The highest BCUT2D eigenvalue weighted by atomic mass is 16.8. The van der Waals surface area contributed by atoms with Crippen LogP contribution in [-0.4, -0.2) is 62.5 Å². The molecule has 1 aliphatic heterocycles. The van der Waals surface area contributed by atoms with Crippen LogP contribution in [0.2, 0.25) is 0 Å². The third-order valence-corrected chi connectivity index (χ3v) is 6.48. The Bertz CT molecular complexity index is 1370. The fourth-order valence-corrected chi connectivity index (χ4v) is 4.82.